The Hall–Kier alpha value is -2.07. The number of fused-ring (bicyclic) bond motifs is 1. The number of ketones is 1. The molecule has 0 spiro atoms. The van der Waals surface area contributed by atoms with Crippen LogP contribution in [0.15, 0.2) is 58.6 Å². The molecule has 0 aromatic heterocycles. The van der Waals surface area contributed by atoms with Gasteiger partial charge in [0, 0.05) is 17.9 Å². The lowest BCUT2D eigenvalue weighted by atomic mass is 9.67. The summed E-state index contributed by atoms with van der Waals surface area (Å²) in [6.07, 6.45) is 5.98. The molecule has 2 aliphatic carbocycles. The van der Waals surface area contributed by atoms with Crippen LogP contribution in [0, 0.1) is 11.8 Å². The topological polar surface area (TPSA) is 77.8 Å². The van der Waals surface area contributed by atoms with Crippen LogP contribution in [0.2, 0.25) is 0 Å². The van der Waals surface area contributed by atoms with Crippen LogP contribution < -0.4 is 0 Å². The Kier molecular flexibility index (Phi) is 4.90. The Labute approximate surface area is 143 Å². The first-order valence-corrected chi connectivity index (χ1v) is 8.25. The molecule has 0 saturated carbocycles. The van der Waals surface area contributed by atoms with Crippen molar-refractivity contribution in [1.29, 1.82) is 0 Å². The van der Waals surface area contributed by atoms with Crippen LogP contribution in [0.1, 0.15) is 40.5 Å². The lowest BCUT2D eigenvalue weighted by molar-refractivity contribution is -0.116. The molecule has 4 nitrogen and oxygen atoms in total. The van der Waals surface area contributed by atoms with E-state index in [1.807, 2.05) is 26.8 Å². The first-order valence-electron chi connectivity index (χ1n) is 8.25. The minimum atomic E-state index is -1.70. The lowest BCUT2D eigenvalue weighted by Gasteiger charge is -2.42. The van der Waals surface area contributed by atoms with E-state index < -0.39 is 17.3 Å². The third-order valence-electron chi connectivity index (χ3n) is 4.95. The molecule has 0 saturated heterocycles. The summed E-state index contributed by atoms with van der Waals surface area (Å²) in [6.45, 7) is 11.0. The second-order valence-electron chi connectivity index (χ2n) is 7.05. The number of Topliss-reactive ketones (excluding diaryl/α,β-unsaturated/α-hetero) is 1. The van der Waals surface area contributed by atoms with E-state index >= 15 is 0 Å². The van der Waals surface area contributed by atoms with E-state index in [0.717, 1.165) is 5.57 Å². The summed E-state index contributed by atoms with van der Waals surface area (Å²) in [5.74, 6) is -1.24. The van der Waals surface area contributed by atoms with Crippen molar-refractivity contribution in [3.8, 4) is 0 Å². The predicted octanol–water partition coefficient (Wildman–Crippen LogP) is 4.07. The molecule has 0 aromatic rings. The summed E-state index contributed by atoms with van der Waals surface area (Å²) in [4.78, 5) is 11.9. The normalized spacial score (nSPS) is 26.6. The summed E-state index contributed by atoms with van der Waals surface area (Å²) in [5.41, 5.74) is 0.768. The number of carbonyl (C=O) groups excluding carboxylic acids is 1. The lowest BCUT2D eigenvalue weighted by Crippen LogP contribution is -2.46. The van der Waals surface area contributed by atoms with Gasteiger partial charge in [0.15, 0.2) is 22.9 Å². The van der Waals surface area contributed by atoms with Crippen molar-refractivity contribution in [3.63, 3.8) is 0 Å². The fraction of sp³-hybridized carbons (Fsp3) is 0.450. The highest BCUT2D eigenvalue weighted by molar-refractivity contribution is 5.94. The average molecular weight is 330 g/mol. The van der Waals surface area contributed by atoms with E-state index in [-0.39, 0.29) is 23.9 Å². The van der Waals surface area contributed by atoms with Gasteiger partial charge in [0.1, 0.15) is 0 Å². The molecule has 2 rings (SSSR count). The maximum absolute atomic E-state index is 11.9. The van der Waals surface area contributed by atoms with Gasteiger partial charge in [-0.05, 0) is 43.4 Å². The van der Waals surface area contributed by atoms with Crippen LogP contribution in [-0.2, 0) is 4.79 Å². The van der Waals surface area contributed by atoms with Gasteiger partial charge in [0.25, 0.3) is 0 Å². The molecule has 0 heterocycles. The molecule has 0 unspecified atom stereocenters. The maximum atomic E-state index is 11.9. The van der Waals surface area contributed by atoms with Gasteiger partial charge >= 0.3 is 0 Å². The van der Waals surface area contributed by atoms with Crippen LogP contribution in [0.4, 0.5) is 0 Å². The molecule has 130 valence electrons. The molecule has 0 fully saturated rings. The van der Waals surface area contributed by atoms with Crippen LogP contribution in [0.25, 0.3) is 0 Å². The second kappa shape index (κ2) is 6.44. The minimum absolute atomic E-state index is 0.00745. The highest BCUT2D eigenvalue weighted by Gasteiger charge is 2.49. The standard InChI is InChI=1S/C20H26O4/c1-11(2)15-10-14-7-6-13(5)16(8-9-17(21)12(3)4)20(14,24)19(23)18(15)22/h6-7,10-11,16,22-24H,3,8-9H2,1-2,4-5H3/t16-,20+/m1/s1. The van der Waals surface area contributed by atoms with Crippen molar-refractivity contribution >= 4 is 5.78 Å². The van der Waals surface area contributed by atoms with Gasteiger partial charge in [-0.25, -0.2) is 0 Å². The van der Waals surface area contributed by atoms with Crippen LogP contribution in [0.5, 0.6) is 0 Å². The number of hydrogen-bond donors (Lipinski definition) is 3. The van der Waals surface area contributed by atoms with Gasteiger partial charge < -0.3 is 15.3 Å². The predicted molar refractivity (Wildman–Crippen MR) is 94.5 cm³/mol. The van der Waals surface area contributed by atoms with Crippen molar-refractivity contribution in [2.45, 2.75) is 46.1 Å². The van der Waals surface area contributed by atoms with Crippen LogP contribution in [0.3, 0.4) is 0 Å². The zero-order valence-electron chi connectivity index (χ0n) is 14.8. The molecular formula is C20H26O4. The maximum Gasteiger partial charge on any atom is 0.171 e. The summed E-state index contributed by atoms with van der Waals surface area (Å²) >= 11 is 0. The number of aliphatic hydroxyl groups is 3. The Balaban J connectivity index is 2.44. The third-order valence-corrected chi connectivity index (χ3v) is 4.95. The number of rotatable bonds is 5. The largest absolute Gasteiger partial charge is 0.506 e. The fourth-order valence-corrected chi connectivity index (χ4v) is 3.37. The molecular weight excluding hydrogens is 304 g/mol. The summed E-state index contributed by atoms with van der Waals surface area (Å²) in [6, 6.07) is 0. The van der Waals surface area contributed by atoms with Crippen molar-refractivity contribution < 1.29 is 20.1 Å². The minimum Gasteiger partial charge on any atom is -0.506 e. The van der Waals surface area contributed by atoms with Gasteiger partial charge in [-0.15, -0.1) is 0 Å². The zero-order valence-corrected chi connectivity index (χ0v) is 14.8. The van der Waals surface area contributed by atoms with E-state index in [4.69, 9.17) is 0 Å². The summed E-state index contributed by atoms with van der Waals surface area (Å²) in [5, 5.41) is 32.2. The van der Waals surface area contributed by atoms with Crippen molar-refractivity contribution in [3.05, 3.63) is 58.6 Å². The number of hydrogen-bond acceptors (Lipinski definition) is 4. The van der Waals surface area contributed by atoms with E-state index in [2.05, 4.69) is 6.58 Å². The molecule has 0 radical (unpaired) electrons. The molecule has 0 aliphatic heterocycles. The van der Waals surface area contributed by atoms with E-state index in [1.54, 1.807) is 19.1 Å². The smallest absolute Gasteiger partial charge is 0.171 e. The van der Waals surface area contributed by atoms with Crippen molar-refractivity contribution in [1.82, 2.24) is 0 Å². The van der Waals surface area contributed by atoms with Gasteiger partial charge in [0.05, 0.1) is 0 Å². The molecule has 0 amide bonds. The Morgan fingerprint density at radius 3 is 2.50 bits per heavy atom. The van der Waals surface area contributed by atoms with E-state index in [9.17, 15) is 20.1 Å². The Morgan fingerprint density at radius 2 is 1.96 bits per heavy atom. The van der Waals surface area contributed by atoms with Gasteiger partial charge in [-0.2, -0.15) is 0 Å². The molecule has 3 N–H and O–H groups in total. The zero-order chi connectivity index (χ0) is 18.2. The SMILES string of the molecule is C=C(C)C(=O)CC[C@@H]1C(C)=CC=C2C=C(C(C)C)C(O)=C(O)[C@]21O. The number of aliphatic hydroxyl groups excluding tert-OH is 2. The van der Waals surface area contributed by atoms with E-state index in [1.165, 1.54) is 0 Å². The molecule has 4 heteroatoms. The molecule has 24 heavy (non-hydrogen) atoms. The number of allylic oxidation sites excluding steroid dienone is 4. The first kappa shape index (κ1) is 18.3. The van der Waals surface area contributed by atoms with Gasteiger partial charge in [-0.3, -0.25) is 4.79 Å². The summed E-state index contributed by atoms with van der Waals surface area (Å²) in [7, 11) is 0. The quantitative estimate of drug-likeness (QED) is 0.664. The Morgan fingerprint density at radius 1 is 1.33 bits per heavy atom. The summed E-state index contributed by atoms with van der Waals surface area (Å²) < 4.78 is 0. The van der Waals surface area contributed by atoms with E-state index in [0.29, 0.717) is 23.1 Å². The third kappa shape index (κ3) is 2.86. The Bertz CT molecular complexity index is 703. The number of carbonyl (C=O) groups is 1. The van der Waals surface area contributed by atoms with Crippen LogP contribution in [-0.4, -0.2) is 26.7 Å². The monoisotopic (exact) mass is 330 g/mol. The highest BCUT2D eigenvalue weighted by Crippen LogP contribution is 2.47. The van der Waals surface area contributed by atoms with Gasteiger partial charge in [0.2, 0.25) is 0 Å². The van der Waals surface area contributed by atoms with Crippen molar-refractivity contribution in [2.24, 2.45) is 11.8 Å². The molecule has 2 aliphatic rings. The van der Waals surface area contributed by atoms with Crippen LogP contribution >= 0.6 is 0 Å². The van der Waals surface area contributed by atoms with Gasteiger partial charge in [-0.1, -0.05) is 38.2 Å². The first-order chi connectivity index (χ1) is 11.1. The molecule has 0 bridgehead atoms. The average Bonchev–Trinajstić information content (AvgIpc) is 2.50. The second-order valence-corrected chi connectivity index (χ2v) is 7.05. The van der Waals surface area contributed by atoms with Crippen molar-refractivity contribution in [2.75, 3.05) is 0 Å². The molecule has 2 atom stereocenters. The molecule has 0 aromatic carbocycles. The highest BCUT2D eigenvalue weighted by atomic mass is 16.4. The fourth-order valence-electron chi connectivity index (χ4n) is 3.37.